The third-order valence-corrected chi connectivity index (χ3v) is 9.61. The first kappa shape index (κ1) is 27.9. The van der Waals surface area contributed by atoms with Crippen molar-refractivity contribution in [2.45, 2.75) is 75.0 Å². The number of nitrogens with zero attached hydrogens (tertiary/aromatic N) is 1. The predicted molar refractivity (Wildman–Crippen MR) is 138 cm³/mol. The molecule has 10 heteroatoms. The molecule has 0 spiro atoms. The van der Waals surface area contributed by atoms with E-state index in [4.69, 9.17) is 14.2 Å². The van der Waals surface area contributed by atoms with Crippen LogP contribution in [0.15, 0.2) is 41.0 Å². The molecule has 1 aromatic rings. The van der Waals surface area contributed by atoms with E-state index in [-0.39, 0.29) is 49.1 Å². The fraction of sp³-hybridized carbons (Fsp3) is 0.667. The topological polar surface area (TPSA) is 114 Å². The largest absolute Gasteiger partial charge is 0.497 e. The highest BCUT2D eigenvalue weighted by molar-refractivity contribution is 7.89. The van der Waals surface area contributed by atoms with Crippen LogP contribution in [0.1, 0.15) is 57.8 Å². The Balaban J connectivity index is 1.39. The molecule has 9 nitrogen and oxygen atoms in total. The van der Waals surface area contributed by atoms with Crippen LogP contribution in [0.2, 0.25) is 0 Å². The van der Waals surface area contributed by atoms with Crippen LogP contribution in [-0.2, 0) is 24.3 Å². The number of aliphatic hydroxyl groups is 1. The molecule has 0 saturated heterocycles. The molecule has 1 amide bonds. The lowest BCUT2D eigenvalue weighted by Gasteiger charge is -2.36. The number of allylic oxidation sites excluding steroid dienone is 1. The van der Waals surface area contributed by atoms with Crippen molar-refractivity contribution in [2.75, 3.05) is 33.4 Å². The third-order valence-electron chi connectivity index (χ3n) is 7.70. The van der Waals surface area contributed by atoms with Crippen LogP contribution < -0.4 is 10.1 Å². The monoisotopic (exact) mass is 536 g/mol. The molecule has 2 aliphatic carbocycles. The molecule has 0 radical (unpaired) electrons. The molecule has 0 bridgehead atoms. The zero-order valence-electron chi connectivity index (χ0n) is 21.6. The quantitative estimate of drug-likeness (QED) is 0.422. The summed E-state index contributed by atoms with van der Waals surface area (Å²) in [5.74, 6) is 1.37. The molecular weight excluding hydrogens is 496 g/mol. The first-order valence-electron chi connectivity index (χ1n) is 13.5. The first-order valence-corrected chi connectivity index (χ1v) is 14.9. The summed E-state index contributed by atoms with van der Waals surface area (Å²) in [5.41, 5.74) is 0. The Morgan fingerprint density at radius 1 is 1.08 bits per heavy atom. The summed E-state index contributed by atoms with van der Waals surface area (Å²) in [6, 6.07) is 6.35. The Morgan fingerprint density at radius 2 is 1.81 bits per heavy atom. The van der Waals surface area contributed by atoms with Gasteiger partial charge in [0, 0.05) is 25.6 Å². The summed E-state index contributed by atoms with van der Waals surface area (Å²) < 4.78 is 44.6. The maximum atomic E-state index is 13.2. The van der Waals surface area contributed by atoms with Crippen molar-refractivity contribution >= 4 is 15.9 Å². The van der Waals surface area contributed by atoms with E-state index < -0.39 is 16.3 Å². The minimum atomic E-state index is -3.83. The van der Waals surface area contributed by atoms with Crippen LogP contribution in [0.4, 0.5) is 0 Å². The zero-order valence-corrected chi connectivity index (χ0v) is 22.5. The highest BCUT2D eigenvalue weighted by Gasteiger charge is 2.34. The van der Waals surface area contributed by atoms with Crippen LogP contribution in [0, 0.1) is 11.8 Å². The Hall–Kier alpha value is -2.14. The van der Waals surface area contributed by atoms with Gasteiger partial charge >= 0.3 is 0 Å². The lowest BCUT2D eigenvalue weighted by atomic mass is 9.77. The summed E-state index contributed by atoms with van der Waals surface area (Å²) in [7, 11) is -2.32. The normalized spacial score (nSPS) is 23.2. The van der Waals surface area contributed by atoms with Crippen molar-refractivity contribution in [3.05, 3.63) is 36.1 Å². The van der Waals surface area contributed by atoms with Crippen molar-refractivity contribution in [1.29, 1.82) is 0 Å². The van der Waals surface area contributed by atoms with Crippen molar-refractivity contribution in [3.8, 4) is 5.75 Å². The highest BCUT2D eigenvalue weighted by atomic mass is 32.2. The maximum Gasteiger partial charge on any atom is 0.286 e. The molecule has 206 valence electrons. The summed E-state index contributed by atoms with van der Waals surface area (Å²) in [6.45, 7) is -0.235. The van der Waals surface area contributed by atoms with Gasteiger partial charge in [0.15, 0.2) is 5.76 Å². The molecule has 1 aliphatic heterocycles. The number of sulfonamides is 1. The highest BCUT2D eigenvalue weighted by Crippen LogP contribution is 2.37. The Morgan fingerprint density at radius 3 is 2.43 bits per heavy atom. The van der Waals surface area contributed by atoms with Crippen molar-refractivity contribution in [2.24, 2.45) is 11.8 Å². The van der Waals surface area contributed by atoms with Gasteiger partial charge in [-0.05, 0) is 74.3 Å². The van der Waals surface area contributed by atoms with E-state index in [2.05, 4.69) is 5.32 Å². The predicted octanol–water partition coefficient (Wildman–Crippen LogP) is 3.19. The van der Waals surface area contributed by atoms with Gasteiger partial charge in [-0.1, -0.05) is 19.3 Å². The SMILES string of the molecule is COc1ccc(S(=O)(=O)N(CCO)CCO[C@@H]2C[C@H](C3CCCCC3)C=C(C(=O)NC3CCC3)O2)cc1. The number of methoxy groups -OCH3 is 1. The van der Waals surface area contributed by atoms with E-state index >= 15 is 0 Å². The Bertz CT molecular complexity index is 1020. The van der Waals surface area contributed by atoms with Gasteiger partial charge in [-0.3, -0.25) is 4.79 Å². The van der Waals surface area contributed by atoms with Gasteiger partial charge in [-0.25, -0.2) is 8.42 Å². The fourth-order valence-corrected chi connectivity index (χ4v) is 6.71. The minimum Gasteiger partial charge on any atom is -0.497 e. The summed E-state index contributed by atoms with van der Waals surface area (Å²) >= 11 is 0. The van der Waals surface area contributed by atoms with Gasteiger partial charge in [0.05, 0.1) is 25.2 Å². The summed E-state index contributed by atoms with van der Waals surface area (Å²) in [5, 5.41) is 12.6. The van der Waals surface area contributed by atoms with Crippen molar-refractivity contribution in [3.63, 3.8) is 0 Å². The molecule has 4 rings (SSSR count). The number of amides is 1. The van der Waals surface area contributed by atoms with E-state index in [0.29, 0.717) is 23.8 Å². The standard InChI is InChI=1S/C27H40N2O7S/c1-34-23-10-12-24(13-11-23)37(32,33)29(14-16-30)15-17-35-26-19-21(20-6-3-2-4-7-20)18-25(36-26)27(31)28-22-8-5-9-22/h10-13,18,20-22,26,30H,2-9,14-17,19H2,1H3,(H,28,31)/t21-,26+/m1/s1. The molecule has 2 N–H and O–H groups in total. The lowest BCUT2D eigenvalue weighted by Crippen LogP contribution is -2.43. The van der Waals surface area contributed by atoms with Gasteiger partial charge in [-0.2, -0.15) is 4.31 Å². The van der Waals surface area contributed by atoms with E-state index in [9.17, 15) is 18.3 Å². The molecular formula is C27H40N2O7S. The lowest BCUT2D eigenvalue weighted by molar-refractivity contribution is -0.152. The summed E-state index contributed by atoms with van der Waals surface area (Å²) in [4.78, 5) is 13.0. The van der Waals surface area contributed by atoms with Gasteiger partial charge in [-0.15, -0.1) is 0 Å². The molecule has 3 aliphatic rings. The first-order chi connectivity index (χ1) is 17.9. The average molecular weight is 537 g/mol. The number of hydrogen-bond acceptors (Lipinski definition) is 7. The second-order valence-electron chi connectivity index (χ2n) is 10.2. The van der Waals surface area contributed by atoms with Crippen LogP contribution in [0.5, 0.6) is 5.75 Å². The Kier molecular flexibility index (Phi) is 9.86. The van der Waals surface area contributed by atoms with E-state index in [1.165, 1.54) is 42.8 Å². The Labute approximate surface area is 220 Å². The van der Waals surface area contributed by atoms with Crippen LogP contribution in [0.3, 0.4) is 0 Å². The molecule has 2 saturated carbocycles. The van der Waals surface area contributed by atoms with Gasteiger partial charge in [0.25, 0.3) is 5.91 Å². The van der Waals surface area contributed by atoms with Crippen LogP contribution >= 0.6 is 0 Å². The van der Waals surface area contributed by atoms with E-state index in [1.807, 2.05) is 6.08 Å². The molecule has 0 aromatic heterocycles. The fourth-order valence-electron chi connectivity index (χ4n) is 5.29. The number of benzene rings is 1. The molecule has 1 aromatic carbocycles. The van der Waals surface area contributed by atoms with Crippen molar-refractivity contribution < 1.29 is 32.5 Å². The van der Waals surface area contributed by atoms with Gasteiger partial charge in [0.1, 0.15) is 5.75 Å². The molecule has 37 heavy (non-hydrogen) atoms. The number of carbonyl (C=O) groups excluding carboxylic acids is 1. The van der Waals surface area contributed by atoms with Crippen molar-refractivity contribution in [1.82, 2.24) is 9.62 Å². The van der Waals surface area contributed by atoms with Crippen LogP contribution in [0.25, 0.3) is 0 Å². The van der Waals surface area contributed by atoms with Crippen LogP contribution in [-0.4, -0.2) is 69.5 Å². The molecule has 1 heterocycles. The number of rotatable bonds is 12. The smallest absolute Gasteiger partial charge is 0.286 e. The molecule has 2 fully saturated rings. The van der Waals surface area contributed by atoms with E-state index in [0.717, 1.165) is 32.1 Å². The average Bonchev–Trinajstić information content (AvgIpc) is 2.90. The van der Waals surface area contributed by atoms with E-state index in [1.54, 1.807) is 12.1 Å². The zero-order chi connectivity index (χ0) is 26.3. The number of hydrogen-bond donors (Lipinski definition) is 2. The maximum absolute atomic E-state index is 13.2. The molecule has 0 unspecified atom stereocenters. The third kappa shape index (κ3) is 7.25. The number of nitrogens with one attached hydrogen (secondary N) is 1. The molecule has 2 atom stereocenters. The number of carbonyl (C=O) groups is 1. The second-order valence-corrected chi connectivity index (χ2v) is 12.1. The minimum absolute atomic E-state index is 0.0518. The number of ether oxygens (including phenoxy) is 3. The summed E-state index contributed by atoms with van der Waals surface area (Å²) in [6.07, 6.45) is 11.0. The van der Waals surface area contributed by atoms with Gasteiger partial charge < -0.3 is 24.6 Å². The number of aliphatic hydroxyl groups excluding tert-OH is 1. The second kappa shape index (κ2) is 13.1. The van der Waals surface area contributed by atoms with Gasteiger partial charge in [0.2, 0.25) is 16.3 Å².